The molecule has 0 atom stereocenters. The number of aryl methyl sites for hydroxylation is 1. The molecule has 0 bridgehead atoms. The van der Waals surface area contributed by atoms with Crippen molar-refractivity contribution in [1.29, 1.82) is 0 Å². The lowest BCUT2D eigenvalue weighted by molar-refractivity contribution is 0.472. The van der Waals surface area contributed by atoms with Gasteiger partial charge < -0.3 is 10.5 Å². The number of nitrogens with one attached hydrogen (secondary N) is 1. The van der Waals surface area contributed by atoms with E-state index in [1.165, 1.54) is 6.20 Å². The van der Waals surface area contributed by atoms with Crippen molar-refractivity contribution < 1.29 is 4.74 Å². The highest BCUT2D eigenvalue weighted by molar-refractivity contribution is 5.31. The summed E-state index contributed by atoms with van der Waals surface area (Å²) < 4.78 is 5.36. The van der Waals surface area contributed by atoms with Crippen LogP contribution in [-0.4, -0.2) is 9.97 Å². The second-order valence-corrected chi connectivity index (χ2v) is 3.38. The largest absolute Gasteiger partial charge is 0.450 e. The molecule has 16 heavy (non-hydrogen) atoms. The zero-order chi connectivity index (χ0) is 11.5. The number of aromatic amines is 1. The van der Waals surface area contributed by atoms with E-state index in [0.717, 1.165) is 5.56 Å². The molecule has 1 aromatic carbocycles. The van der Waals surface area contributed by atoms with Crippen LogP contribution in [0.15, 0.2) is 35.3 Å². The Bertz CT molecular complexity index is 546. The SMILES string of the molecule is Cc1ccc(Oc2cnc(N)[nH]c2=O)cc1. The van der Waals surface area contributed by atoms with Gasteiger partial charge in [-0.15, -0.1) is 0 Å². The number of hydrogen-bond acceptors (Lipinski definition) is 4. The van der Waals surface area contributed by atoms with Gasteiger partial charge in [0.1, 0.15) is 5.75 Å². The van der Waals surface area contributed by atoms with Crippen LogP contribution < -0.4 is 16.0 Å². The van der Waals surface area contributed by atoms with Gasteiger partial charge in [0.25, 0.3) is 5.56 Å². The molecule has 3 N–H and O–H groups in total. The first-order valence-electron chi connectivity index (χ1n) is 4.74. The lowest BCUT2D eigenvalue weighted by atomic mass is 10.2. The average Bonchev–Trinajstić information content (AvgIpc) is 2.25. The van der Waals surface area contributed by atoms with Crippen LogP contribution in [0.2, 0.25) is 0 Å². The van der Waals surface area contributed by atoms with E-state index >= 15 is 0 Å². The quantitative estimate of drug-likeness (QED) is 0.797. The van der Waals surface area contributed by atoms with Gasteiger partial charge in [-0.2, -0.15) is 0 Å². The van der Waals surface area contributed by atoms with Gasteiger partial charge in [0.2, 0.25) is 5.75 Å². The van der Waals surface area contributed by atoms with Gasteiger partial charge in [-0.05, 0) is 19.1 Å². The molecule has 0 amide bonds. The Hall–Kier alpha value is -2.30. The van der Waals surface area contributed by atoms with Crippen LogP contribution in [-0.2, 0) is 0 Å². The monoisotopic (exact) mass is 217 g/mol. The van der Waals surface area contributed by atoms with Crippen LogP contribution in [0, 0.1) is 6.92 Å². The van der Waals surface area contributed by atoms with Gasteiger partial charge in [-0.1, -0.05) is 17.7 Å². The van der Waals surface area contributed by atoms with Crippen molar-refractivity contribution in [3.63, 3.8) is 0 Å². The number of benzene rings is 1. The standard InChI is InChI=1S/C11H11N3O2/c1-7-2-4-8(5-3-7)16-9-6-13-11(12)14-10(9)15/h2-6H,1H3,(H3,12,13,14,15). The number of hydrogen-bond donors (Lipinski definition) is 2. The highest BCUT2D eigenvalue weighted by atomic mass is 16.5. The van der Waals surface area contributed by atoms with Gasteiger partial charge in [-0.25, -0.2) is 4.98 Å². The first-order valence-corrected chi connectivity index (χ1v) is 4.74. The normalized spacial score (nSPS) is 10.1. The molecule has 0 aliphatic heterocycles. The van der Waals surface area contributed by atoms with Crippen molar-refractivity contribution in [3.8, 4) is 11.5 Å². The van der Waals surface area contributed by atoms with E-state index in [-0.39, 0.29) is 11.7 Å². The summed E-state index contributed by atoms with van der Waals surface area (Å²) in [6.07, 6.45) is 1.30. The number of aromatic nitrogens is 2. The Morgan fingerprint density at radius 3 is 2.62 bits per heavy atom. The van der Waals surface area contributed by atoms with Gasteiger partial charge in [-0.3, -0.25) is 9.78 Å². The Balaban J connectivity index is 2.27. The number of nitrogens with zero attached hydrogens (tertiary/aromatic N) is 1. The molecule has 1 heterocycles. The fourth-order valence-corrected chi connectivity index (χ4v) is 1.20. The number of H-pyrrole nitrogens is 1. The third-order valence-corrected chi connectivity index (χ3v) is 2.04. The number of rotatable bonds is 2. The molecule has 2 rings (SSSR count). The van der Waals surface area contributed by atoms with Crippen LogP contribution in [0.1, 0.15) is 5.56 Å². The maximum absolute atomic E-state index is 11.4. The summed E-state index contributed by atoms with van der Waals surface area (Å²) in [6, 6.07) is 7.36. The predicted octanol–water partition coefficient (Wildman–Crippen LogP) is 1.45. The Labute approximate surface area is 91.9 Å². The van der Waals surface area contributed by atoms with E-state index in [0.29, 0.717) is 5.75 Å². The molecule has 0 unspecified atom stereocenters. The maximum Gasteiger partial charge on any atom is 0.295 e. The molecule has 0 fully saturated rings. The molecule has 2 aromatic rings. The van der Waals surface area contributed by atoms with E-state index in [9.17, 15) is 4.79 Å². The molecule has 0 aliphatic carbocycles. The maximum atomic E-state index is 11.4. The van der Waals surface area contributed by atoms with Crippen LogP contribution in [0.4, 0.5) is 5.95 Å². The number of nitrogen functional groups attached to an aromatic ring is 1. The number of anilines is 1. The third-order valence-electron chi connectivity index (χ3n) is 2.04. The van der Waals surface area contributed by atoms with Crippen LogP contribution in [0.25, 0.3) is 0 Å². The summed E-state index contributed by atoms with van der Waals surface area (Å²) in [4.78, 5) is 17.5. The summed E-state index contributed by atoms with van der Waals surface area (Å²) >= 11 is 0. The third kappa shape index (κ3) is 2.20. The molecule has 1 aromatic heterocycles. The first kappa shape index (κ1) is 10.2. The zero-order valence-corrected chi connectivity index (χ0v) is 8.73. The summed E-state index contributed by atoms with van der Waals surface area (Å²) in [5.41, 5.74) is 6.05. The van der Waals surface area contributed by atoms with Crippen molar-refractivity contribution in [3.05, 3.63) is 46.4 Å². The highest BCUT2D eigenvalue weighted by Crippen LogP contribution is 2.17. The predicted molar refractivity (Wildman–Crippen MR) is 60.5 cm³/mol. The van der Waals surface area contributed by atoms with Gasteiger partial charge in [0.05, 0.1) is 6.20 Å². The zero-order valence-electron chi connectivity index (χ0n) is 8.73. The van der Waals surface area contributed by atoms with Crippen LogP contribution >= 0.6 is 0 Å². The van der Waals surface area contributed by atoms with Crippen LogP contribution in [0.3, 0.4) is 0 Å². The second-order valence-electron chi connectivity index (χ2n) is 3.38. The number of nitrogens with two attached hydrogens (primary N) is 1. The molecule has 5 nitrogen and oxygen atoms in total. The van der Waals surface area contributed by atoms with Crippen molar-refractivity contribution >= 4 is 5.95 Å². The fourth-order valence-electron chi connectivity index (χ4n) is 1.20. The Morgan fingerprint density at radius 1 is 1.31 bits per heavy atom. The molecule has 0 spiro atoms. The van der Waals surface area contributed by atoms with E-state index in [1.807, 2.05) is 19.1 Å². The molecule has 0 aliphatic rings. The summed E-state index contributed by atoms with van der Waals surface area (Å²) in [6.45, 7) is 1.97. The molecule has 0 radical (unpaired) electrons. The van der Waals surface area contributed by atoms with Crippen molar-refractivity contribution in [2.45, 2.75) is 6.92 Å². The summed E-state index contributed by atoms with van der Waals surface area (Å²) in [7, 11) is 0. The van der Waals surface area contributed by atoms with E-state index in [4.69, 9.17) is 10.5 Å². The lowest BCUT2D eigenvalue weighted by Crippen LogP contribution is -2.12. The molecule has 0 saturated carbocycles. The molecule has 5 heteroatoms. The van der Waals surface area contributed by atoms with Crippen molar-refractivity contribution in [1.82, 2.24) is 9.97 Å². The van der Waals surface area contributed by atoms with Gasteiger partial charge in [0.15, 0.2) is 5.95 Å². The lowest BCUT2D eigenvalue weighted by Gasteiger charge is -2.04. The van der Waals surface area contributed by atoms with Crippen LogP contribution in [0.5, 0.6) is 11.5 Å². The van der Waals surface area contributed by atoms with E-state index in [2.05, 4.69) is 9.97 Å². The molecular formula is C11H11N3O2. The van der Waals surface area contributed by atoms with E-state index in [1.54, 1.807) is 12.1 Å². The minimum absolute atomic E-state index is 0.0706. The average molecular weight is 217 g/mol. The summed E-state index contributed by atoms with van der Waals surface area (Å²) in [5.74, 6) is 0.780. The van der Waals surface area contributed by atoms with Gasteiger partial charge >= 0.3 is 0 Å². The topological polar surface area (TPSA) is 81.0 Å². The smallest absolute Gasteiger partial charge is 0.295 e. The number of ether oxygens (including phenoxy) is 1. The Morgan fingerprint density at radius 2 is 2.00 bits per heavy atom. The molecule has 82 valence electrons. The van der Waals surface area contributed by atoms with Gasteiger partial charge in [0, 0.05) is 0 Å². The summed E-state index contributed by atoms with van der Waals surface area (Å²) in [5, 5.41) is 0. The highest BCUT2D eigenvalue weighted by Gasteiger charge is 2.03. The first-order chi connectivity index (χ1) is 7.65. The fraction of sp³-hybridized carbons (Fsp3) is 0.0909. The minimum atomic E-state index is -0.395. The second kappa shape index (κ2) is 4.06. The molecular weight excluding hydrogens is 206 g/mol. The van der Waals surface area contributed by atoms with Crippen molar-refractivity contribution in [2.24, 2.45) is 0 Å². The minimum Gasteiger partial charge on any atom is -0.450 e. The van der Waals surface area contributed by atoms with Crippen molar-refractivity contribution in [2.75, 3.05) is 5.73 Å². The molecule has 0 saturated heterocycles. The Kier molecular flexibility index (Phi) is 2.59. The van der Waals surface area contributed by atoms with E-state index < -0.39 is 5.56 Å².